The van der Waals surface area contributed by atoms with Gasteiger partial charge in [-0.1, -0.05) is 42.5 Å². The molecular weight excluding hydrogens is 462 g/mol. The van der Waals surface area contributed by atoms with Crippen molar-refractivity contribution in [2.45, 2.75) is 18.0 Å². The fraction of sp³-hybridized carbons (Fsp3) is 0.292. The summed E-state index contributed by atoms with van der Waals surface area (Å²) in [6.45, 7) is 2.87. The van der Waals surface area contributed by atoms with Crippen molar-refractivity contribution in [2.24, 2.45) is 0 Å². The number of nitrogens with zero attached hydrogens (tertiary/aromatic N) is 2. The van der Waals surface area contributed by atoms with Gasteiger partial charge >= 0.3 is 12.4 Å². The van der Waals surface area contributed by atoms with Crippen molar-refractivity contribution in [3.05, 3.63) is 72.4 Å². The summed E-state index contributed by atoms with van der Waals surface area (Å²) in [7, 11) is 0. The van der Waals surface area contributed by atoms with Crippen LogP contribution in [0.25, 0.3) is 22.4 Å². The molecule has 0 unspecified atom stereocenters. The molecule has 1 aliphatic heterocycles. The fourth-order valence-corrected chi connectivity index (χ4v) is 3.81. The molecule has 4 rings (SSSR count). The minimum absolute atomic E-state index is 0.358. The lowest BCUT2D eigenvalue weighted by molar-refractivity contribution is -0.376. The van der Waals surface area contributed by atoms with Gasteiger partial charge in [-0.2, -0.15) is 26.3 Å². The quantitative estimate of drug-likeness (QED) is 0.495. The Bertz CT molecular complexity index is 1110. The summed E-state index contributed by atoms with van der Waals surface area (Å²) in [5, 5.41) is 9.52. The number of morpholine rings is 1. The molecule has 2 heterocycles. The molecule has 2 aromatic carbocycles. The first kappa shape index (κ1) is 24.0. The van der Waals surface area contributed by atoms with Crippen molar-refractivity contribution in [3.63, 3.8) is 0 Å². The van der Waals surface area contributed by atoms with Crippen LogP contribution in [-0.4, -0.2) is 48.7 Å². The molecule has 4 nitrogen and oxygen atoms in total. The molecule has 0 aliphatic carbocycles. The van der Waals surface area contributed by atoms with Gasteiger partial charge in [-0.15, -0.1) is 0 Å². The number of pyridine rings is 1. The fourth-order valence-electron chi connectivity index (χ4n) is 3.81. The molecule has 1 aliphatic rings. The Morgan fingerprint density at radius 3 is 1.94 bits per heavy atom. The van der Waals surface area contributed by atoms with Crippen molar-refractivity contribution in [3.8, 4) is 22.4 Å². The second-order valence-corrected chi connectivity index (χ2v) is 7.87. The van der Waals surface area contributed by atoms with E-state index in [4.69, 9.17) is 4.74 Å². The average molecular weight is 482 g/mol. The van der Waals surface area contributed by atoms with E-state index in [9.17, 15) is 31.4 Å². The van der Waals surface area contributed by atoms with Gasteiger partial charge in [0.25, 0.3) is 5.60 Å². The highest BCUT2D eigenvalue weighted by molar-refractivity contribution is 5.69. The summed E-state index contributed by atoms with van der Waals surface area (Å²) >= 11 is 0. The summed E-state index contributed by atoms with van der Waals surface area (Å²) in [4.78, 5) is 6.61. The van der Waals surface area contributed by atoms with Gasteiger partial charge in [0, 0.05) is 41.7 Å². The number of alkyl halides is 6. The number of anilines is 1. The van der Waals surface area contributed by atoms with Gasteiger partial charge in [-0.05, 0) is 23.8 Å². The second-order valence-electron chi connectivity index (χ2n) is 7.87. The van der Waals surface area contributed by atoms with E-state index in [0.717, 1.165) is 36.5 Å². The van der Waals surface area contributed by atoms with E-state index in [1.165, 1.54) is 6.20 Å². The van der Waals surface area contributed by atoms with Crippen LogP contribution in [-0.2, 0) is 10.3 Å². The largest absolute Gasteiger partial charge is 0.430 e. The van der Waals surface area contributed by atoms with E-state index in [1.807, 2.05) is 24.3 Å². The molecule has 10 heteroatoms. The molecular formula is C24H20F6N2O2. The Kier molecular flexibility index (Phi) is 6.30. The summed E-state index contributed by atoms with van der Waals surface area (Å²) in [6.07, 6.45) is -10.4. The molecule has 0 amide bonds. The summed E-state index contributed by atoms with van der Waals surface area (Å²) in [5.74, 6) is 0. The Balaban J connectivity index is 1.57. The number of hydrogen-bond donors (Lipinski definition) is 1. The van der Waals surface area contributed by atoms with E-state index in [1.54, 1.807) is 12.1 Å². The molecule has 1 fully saturated rings. The molecule has 34 heavy (non-hydrogen) atoms. The van der Waals surface area contributed by atoms with E-state index in [0.29, 0.717) is 42.2 Å². The van der Waals surface area contributed by atoms with Gasteiger partial charge in [0.05, 0.1) is 18.9 Å². The first-order chi connectivity index (χ1) is 16.0. The average Bonchev–Trinajstić information content (AvgIpc) is 2.83. The third kappa shape index (κ3) is 4.47. The monoisotopic (exact) mass is 482 g/mol. The first-order valence-corrected chi connectivity index (χ1v) is 10.4. The number of benzene rings is 2. The molecule has 0 radical (unpaired) electrons. The lowest BCUT2D eigenvalue weighted by atomic mass is 9.91. The molecule has 0 spiro atoms. The maximum absolute atomic E-state index is 13.1. The maximum Gasteiger partial charge on any atom is 0.430 e. The third-order valence-electron chi connectivity index (χ3n) is 5.74. The van der Waals surface area contributed by atoms with Gasteiger partial charge in [0.15, 0.2) is 0 Å². The van der Waals surface area contributed by atoms with E-state index < -0.39 is 23.5 Å². The molecule has 180 valence electrons. The highest BCUT2D eigenvalue weighted by Gasteiger charge is 2.71. The van der Waals surface area contributed by atoms with Crippen LogP contribution in [0.2, 0.25) is 0 Å². The first-order valence-electron chi connectivity index (χ1n) is 10.4. The van der Waals surface area contributed by atoms with Gasteiger partial charge in [-0.3, -0.25) is 4.98 Å². The number of rotatable bonds is 4. The Morgan fingerprint density at radius 2 is 1.38 bits per heavy atom. The topological polar surface area (TPSA) is 45.6 Å². The lowest BCUT2D eigenvalue weighted by Gasteiger charge is -2.32. The van der Waals surface area contributed by atoms with Crippen molar-refractivity contribution >= 4 is 5.69 Å². The van der Waals surface area contributed by atoms with Crippen LogP contribution in [0.5, 0.6) is 0 Å². The van der Waals surface area contributed by atoms with Crippen molar-refractivity contribution in [1.29, 1.82) is 0 Å². The third-order valence-corrected chi connectivity index (χ3v) is 5.74. The zero-order chi connectivity index (χ0) is 24.6. The van der Waals surface area contributed by atoms with Crippen LogP contribution in [0.15, 0.2) is 66.9 Å². The van der Waals surface area contributed by atoms with E-state index in [-0.39, 0.29) is 0 Å². The van der Waals surface area contributed by atoms with E-state index in [2.05, 4.69) is 9.88 Å². The van der Waals surface area contributed by atoms with Gasteiger partial charge in [0.2, 0.25) is 0 Å². The van der Waals surface area contributed by atoms with Crippen LogP contribution < -0.4 is 4.90 Å². The standard InChI is InChI=1S/C24H20F6N2O2/c25-23(26,27)22(33,24(28,29)30)19-7-4-16(5-8-19)18-6-9-21(31-15-18)17-2-1-3-20(14-17)32-10-12-34-13-11-32/h1-9,14-15,33H,10-13H2. The van der Waals surface area contributed by atoms with Crippen LogP contribution in [0.4, 0.5) is 32.0 Å². The molecule has 1 saturated heterocycles. The van der Waals surface area contributed by atoms with Crippen LogP contribution in [0.1, 0.15) is 5.56 Å². The van der Waals surface area contributed by atoms with Crippen LogP contribution >= 0.6 is 0 Å². The summed E-state index contributed by atoms with van der Waals surface area (Å²) < 4.78 is 83.8. The van der Waals surface area contributed by atoms with Crippen molar-refractivity contribution in [2.75, 3.05) is 31.2 Å². The van der Waals surface area contributed by atoms with Crippen molar-refractivity contribution < 1.29 is 36.2 Å². The predicted octanol–water partition coefficient (Wildman–Crippen LogP) is 5.56. The Morgan fingerprint density at radius 1 is 0.765 bits per heavy atom. The number of aliphatic hydroxyl groups is 1. The van der Waals surface area contributed by atoms with Gasteiger partial charge in [-0.25, -0.2) is 0 Å². The highest BCUT2D eigenvalue weighted by atomic mass is 19.4. The summed E-state index contributed by atoms with van der Waals surface area (Å²) in [6, 6.07) is 14.6. The van der Waals surface area contributed by atoms with Gasteiger partial charge in [0.1, 0.15) is 0 Å². The van der Waals surface area contributed by atoms with Gasteiger partial charge < -0.3 is 14.7 Å². The number of hydrogen-bond acceptors (Lipinski definition) is 4. The minimum atomic E-state index is -5.92. The normalized spacial score (nSPS) is 15.4. The highest BCUT2D eigenvalue weighted by Crippen LogP contribution is 2.50. The number of aromatic nitrogens is 1. The smallest absolute Gasteiger partial charge is 0.378 e. The number of halogens is 6. The SMILES string of the molecule is OC(c1ccc(-c2ccc(-c3cccc(N4CCOCC4)c3)nc2)cc1)(C(F)(F)F)C(F)(F)F. The lowest BCUT2D eigenvalue weighted by Crippen LogP contribution is -2.53. The molecule has 3 aromatic rings. The van der Waals surface area contributed by atoms with Crippen LogP contribution in [0.3, 0.4) is 0 Å². The zero-order valence-electron chi connectivity index (χ0n) is 17.7. The maximum atomic E-state index is 13.1. The second kappa shape index (κ2) is 8.92. The van der Waals surface area contributed by atoms with Crippen molar-refractivity contribution in [1.82, 2.24) is 4.98 Å². The minimum Gasteiger partial charge on any atom is -0.378 e. The summed E-state index contributed by atoms with van der Waals surface area (Å²) in [5.41, 5.74) is -2.83. The van der Waals surface area contributed by atoms with E-state index >= 15 is 0 Å². The van der Waals surface area contributed by atoms with Crippen LogP contribution in [0, 0.1) is 0 Å². The molecule has 1 aromatic heterocycles. The predicted molar refractivity (Wildman–Crippen MR) is 114 cm³/mol. The molecule has 0 saturated carbocycles. The molecule has 1 N–H and O–H groups in total. The Hall–Kier alpha value is -3.11. The Labute approximate surface area is 191 Å². The molecule has 0 bridgehead atoms. The number of ether oxygens (including phenoxy) is 1. The molecule has 0 atom stereocenters. The zero-order valence-corrected chi connectivity index (χ0v) is 17.7.